The lowest BCUT2D eigenvalue weighted by Crippen LogP contribution is -2.33. The van der Waals surface area contributed by atoms with E-state index in [0.29, 0.717) is 12.0 Å². The van der Waals surface area contributed by atoms with Crippen LogP contribution >= 0.6 is 0 Å². The predicted octanol–water partition coefficient (Wildman–Crippen LogP) is 2.69. The van der Waals surface area contributed by atoms with Gasteiger partial charge in [0, 0.05) is 6.04 Å². The molecule has 1 aromatic carbocycles. The molecule has 2 rings (SSSR count). The van der Waals surface area contributed by atoms with Crippen molar-refractivity contribution in [3.05, 3.63) is 29.8 Å². The molecule has 106 valence electrons. The second kappa shape index (κ2) is 6.92. The van der Waals surface area contributed by atoms with Crippen LogP contribution in [-0.2, 0) is 0 Å². The molecule has 1 aliphatic heterocycles. The van der Waals surface area contributed by atoms with Gasteiger partial charge in [-0.05, 0) is 63.6 Å². The molecule has 3 nitrogen and oxygen atoms in total. The highest BCUT2D eigenvalue weighted by Gasteiger charge is 2.28. The van der Waals surface area contributed by atoms with E-state index >= 15 is 0 Å². The van der Waals surface area contributed by atoms with Crippen molar-refractivity contribution in [2.45, 2.75) is 25.3 Å². The molecular weight excluding hydrogens is 236 g/mol. The highest BCUT2D eigenvalue weighted by Crippen LogP contribution is 2.34. The Bertz CT molecular complexity index is 377. The molecule has 0 saturated carbocycles. The predicted molar refractivity (Wildman–Crippen MR) is 79.6 cm³/mol. The number of benzene rings is 1. The maximum Gasteiger partial charge on any atom is 0.118 e. The quantitative estimate of drug-likeness (QED) is 0.903. The van der Waals surface area contributed by atoms with Crippen LogP contribution < -0.4 is 10.1 Å². The van der Waals surface area contributed by atoms with E-state index in [1.807, 2.05) is 0 Å². The minimum absolute atomic E-state index is 0.515. The monoisotopic (exact) mass is 262 g/mol. The van der Waals surface area contributed by atoms with Crippen molar-refractivity contribution in [1.82, 2.24) is 10.2 Å². The van der Waals surface area contributed by atoms with Gasteiger partial charge in [0.15, 0.2) is 0 Å². The maximum atomic E-state index is 5.26. The van der Waals surface area contributed by atoms with Gasteiger partial charge in [-0.15, -0.1) is 0 Å². The molecule has 1 aliphatic rings. The Kier molecular flexibility index (Phi) is 5.23. The third-order valence-electron chi connectivity index (χ3n) is 4.18. The van der Waals surface area contributed by atoms with E-state index < -0.39 is 0 Å². The Morgan fingerprint density at radius 3 is 2.63 bits per heavy atom. The molecule has 1 fully saturated rings. The number of hydrogen-bond acceptors (Lipinski definition) is 3. The molecule has 1 N–H and O–H groups in total. The van der Waals surface area contributed by atoms with Crippen molar-refractivity contribution in [3.8, 4) is 5.75 Å². The number of rotatable bonds is 4. The summed E-state index contributed by atoms with van der Waals surface area (Å²) in [6.07, 6.45) is 3.95. The molecule has 0 amide bonds. The minimum atomic E-state index is 0.515. The van der Waals surface area contributed by atoms with E-state index in [1.165, 1.54) is 31.4 Å². The molecule has 0 radical (unpaired) electrons. The maximum absolute atomic E-state index is 5.26. The summed E-state index contributed by atoms with van der Waals surface area (Å²) >= 11 is 0. The zero-order chi connectivity index (χ0) is 13.7. The first-order chi connectivity index (χ1) is 9.26. The van der Waals surface area contributed by atoms with Crippen molar-refractivity contribution in [2.75, 3.05) is 34.3 Å². The number of ether oxygens (including phenoxy) is 1. The Labute approximate surface area is 116 Å². The summed E-state index contributed by atoms with van der Waals surface area (Å²) in [5.41, 5.74) is 1.41. The van der Waals surface area contributed by atoms with Crippen LogP contribution in [0.25, 0.3) is 0 Å². The Balaban J connectivity index is 2.23. The molecular formula is C16H26N2O. The zero-order valence-corrected chi connectivity index (χ0v) is 12.4. The lowest BCUT2D eigenvalue weighted by atomic mass is 9.89. The fraction of sp³-hybridized carbons (Fsp3) is 0.625. The van der Waals surface area contributed by atoms with Gasteiger partial charge in [0.25, 0.3) is 0 Å². The molecule has 1 heterocycles. The third kappa shape index (κ3) is 3.48. The van der Waals surface area contributed by atoms with Crippen LogP contribution in [0.1, 0.15) is 30.9 Å². The molecule has 0 aliphatic carbocycles. The number of nitrogens with zero attached hydrogens (tertiary/aromatic N) is 1. The molecule has 0 spiro atoms. The summed E-state index contributed by atoms with van der Waals surface area (Å²) in [6.45, 7) is 2.28. The molecule has 3 heteroatoms. The van der Waals surface area contributed by atoms with Gasteiger partial charge in [-0.2, -0.15) is 0 Å². The van der Waals surface area contributed by atoms with Crippen LogP contribution in [0.15, 0.2) is 24.3 Å². The van der Waals surface area contributed by atoms with Gasteiger partial charge in [0.2, 0.25) is 0 Å². The first-order valence-corrected chi connectivity index (χ1v) is 7.25. The summed E-state index contributed by atoms with van der Waals surface area (Å²) in [7, 11) is 6.02. The molecule has 0 aromatic heterocycles. The Hall–Kier alpha value is -1.06. The smallest absolute Gasteiger partial charge is 0.118 e. The molecule has 0 bridgehead atoms. The standard InChI is InChI=1S/C16H26N2O/c1-17-12-14-6-4-5-11-18(2)16(14)13-7-9-15(19-3)10-8-13/h7-10,14,16-17H,4-6,11-12H2,1-3H3. The van der Waals surface area contributed by atoms with Crippen LogP contribution in [0.5, 0.6) is 5.75 Å². The Morgan fingerprint density at radius 2 is 2.00 bits per heavy atom. The van der Waals surface area contributed by atoms with Crippen LogP contribution in [-0.4, -0.2) is 39.2 Å². The number of methoxy groups -OCH3 is 1. The molecule has 2 atom stereocenters. The SMILES string of the molecule is CNCC1CCCCN(C)C1c1ccc(OC)cc1. The summed E-state index contributed by atoms with van der Waals surface area (Å²) in [5.74, 6) is 1.62. The molecule has 2 unspecified atom stereocenters. The topological polar surface area (TPSA) is 24.5 Å². The van der Waals surface area contributed by atoms with E-state index in [9.17, 15) is 0 Å². The second-order valence-electron chi connectivity index (χ2n) is 5.51. The van der Waals surface area contributed by atoms with E-state index in [2.05, 4.69) is 48.6 Å². The van der Waals surface area contributed by atoms with E-state index in [4.69, 9.17) is 4.74 Å². The van der Waals surface area contributed by atoms with Crippen molar-refractivity contribution in [1.29, 1.82) is 0 Å². The van der Waals surface area contributed by atoms with Crippen LogP contribution in [0.4, 0.5) is 0 Å². The van der Waals surface area contributed by atoms with Crippen molar-refractivity contribution >= 4 is 0 Å². The average Bonchev–Trinajstić information content (AvgIpc) is 2.61. The fourth-order valence-electron chi connectivity index (χ4n) is 3.23. The van der Waals surface area contributed by atoms with Crippen LogP contribution in [0, 0.1) is 5.92 Å². The Morgan fingerprint density at radius 1 is 1.26 bits per heavy atom. The zero-order valence-electron chi connectivity index (χ0n) is 12.4. The van der Waals surface area contributed by atoms with Gasteiger partial charge in [-0.25, -0.2) is 0 Å². The minimum Gasteiger partial charge on any atom is -0.497 e. The third-order valence-corrected chi connectivity index (χ3v) is 4.18. The number of hydrogen-bond donors (Lipinski definition) is 1. The lowest BCUT2D eigenvalue weighted by molar-refractivity contribution is 0.191. The molecule has 1 aromatic rings. The van der Waals surface area contributed by atoms with Gasteiger partial charge in [-0.1, -0.05) is 18.6 Å². The van der Waals surface area contributed by atoms with E-state index in [0.717, 1.165) is 12.3 Å². The molecule has 19 heavy (non-hydrogen) atoms. The fourth-order valence-corrected chi connectivity index (χ4v) is 3.23. The average molecular weight is 262 g/mol. The summed E-state index contributed by atoms with van der Waals surface area (Å²) in [5, 5.41) is 3.36. The van der Waals surface area contributed by atoms with Gasteiger partial charge in [0.1, 0.15) is 5.75 Å². The van der Waals surface area contributed by atoms with Gasteiger partial charge < -0.3 is 10.1 Å². The highest BCUT2D eigenvalue weighted by molar-refractivity contribution is 5.29. The van der Waals surface area contributed by atoms with Gasteiger partial charge in [-0.3, -0.25) is 4.90 Å². The van der Waals surface area contributed by atoms with Gasteiger partial charge in [0.05, 0.1) is 7.11 Å². The first kappa shape index (κ1) is 14.4. The van der Waals surface area contributed by atoms with Crippen LogP contribution in [0.3, 0.4) is 0 Å². The van der Waals surface area contributed by atoms with Gasteiger partial charge >= 0.3 is 0 Å². The highest BCUT2D eigenvalue weighted by atomic mass is 16.5. The number of nitrogens with one attached hydrogen (secondary N) is 1. The summed E-state index contributed by atoms with van der Waals surface area (Å²) < 4.78 is 5.26. The van der Waals surface area contributed by atoms with E-state index in [1.54, 1.807) is 7.11 Å². The number of likely N-dealkylation sites (tertiary alicyclic amines) is 1. The van der Waals surface area contributed by atoms with Crippen molar-refractivity contribution in [3.63, 3.8) is 0 Å². The van der Waals surface area contributed by atoms with Crippen LogP contribution in [0.2, 0.25) is 0 Å². The summed E-state index contributed by atoms with van der Waals surface area (Å²) in [6, 6.07) is 9.09. The molecule has 1 saturated heterocycles. The van der Waals surface area contributed by atoms with Crippen molar-refractivity contribution in [2.24, 2.45) is 5.92 Å². The van der Waals surface area contributed by atoms with Crippen molar-refractivity contribution < 1.29 is 4.74 Å². The second-order valence-corrected chi connectivity index (χ2v) is 5.51. The van der Waals surface area contributed by atoms with E-state index in [-0.39, 0.29) is 0 Å². The first-order valence-electron chi connectivity index (χ1n) is 7.25. The summed E-state index contributed by atoms with van der Waals surface area (Å²) in [4.78, 5) is 2.51. The normalized spacial score (nSPS) is 25.0. The lowest BCUT2D eigenvalue weighted by Gasteiger charge is -2.33. The largest absolute Gasteiger partial charge is 0.497 e.